The van der Waals surface area contributed by atoms with Crippen molar-refractivity contribution in [3.05, 3.63) is 70.5 Å². The van der Waals surface area contributed by atoms with Crippen LogP contribution in [-0.4, -0.2) is 110 Å². The van der Waals surface area contributed by atoms with Crippen molar-refractivity contribution in [2.24, 2.45) is 13.0 Å². The molecule has 0 saturated carbocycles. The molecule has 1 aromatic carbocycles. The van der Waals surface area contributed by atoms with Crippen LogP contribution in [0.4, 0.5) is 24.5 Å². The maximum atomic E-state index is 14.1. The van der Waals surface area contributed by atoms with Crippen LogP contribution >= 0.6 is 11.6 Å². The van der Waals surface area contributed by atoms with E-state index in [1.54, 1.807) is 11.8 Å². The van der Waals surface area contributed by atoms with Crippen molar-refractivity contribution in [2.75, 3.05) is 64.4 Å². The zero-order valence-electron chi connectivity index (χ0n) is 28.7. The van der Waals surface area contributed by atoms with Gasteiger partial charge in [-0.25, -0.2) is 14.6 Å². The quantitative estimate of drug-likeness (QED) is 0.283. The Morgan fingerprint density at radius 2 is 1.69 bits per heavy atom. The SMILES string of the molecule is Cc1nc(-n2cc(-c3cnc(C(=O)Nc4ccc(C(=O)N5CCN(C(=O)C6CC[N+](C)(C)CC6)CC5)c(Cl)c4)n3C)c(C(F)(F)F)n2)ccc1N. The molecule has 4 aromatic rings. The molecule has 13 nitrogen and oxygen atoms in total. The molecule has 0 aliphatic carbocycles. The third-order valence-corrected chi connectivity index (χ3v) is 9.96. The number of imidazole rings is 1. The lowest BCUT2D eigenvalue weighted by atomic mass is 9.94. The summed E-state index contributed by atoms with van der Waals surface area (Å²) in [5.74, 6) is -0.870. The summed E-state index contributed by atoms with van der Waals surface area (Å²) in [7, 11) is 5.76. The van der Waals surface area contributed by atoms with Gasteiger partial charge in [0.1, 0.15) is 0 Å². The third-order valence-electron chi connectivity index (χ3n) is 9.65. The molecule has 17 heteroatoms. The van der Waals surface area contributed by atoms with Crippen LogP contribution in [0.2, 0.25) is 5.02 Å². The summed E-state index contributed by atoms with van der Waals surface area (Å²) in [5, 5.41) is 6.50. The van der Waals surface area contributed by atoms with Crippen molar-refractivity contribution in [2.45, 2.75) is 25.9 Å². The highest BCUT2D eigenvalue weighted by Crippen LogP contribution is 2.37. The van der Waals surface area contributed by atoms with Gasteiger partial charge >= 0.3 is 6.18 Å². The van der Waals surface area contributed by atoms with E-state index in [1.165, 1.54) is 48.1 Å². The lowest BCUT2D eigenvalue weighted by Crippen LogP contribution is -2.54. The number of rotatable bonds is 6. The van der Waals surface area contributed by atoms with E-state index in [1.807, 2.05) is 4.90 Å². The molecule has 0 atom stereocenters. The zero-order valence-corrected chi connectivity index (χ0v) is 29.4. The first-order chi connectivity index (χ1) is 24.0. The molecule has 3 aromatic heterocycles. The van der Waals surface area contributed by atoms with Crippen molar-refractivity contribution < 1.29 is 32.0 Å². The largest absolute Gasteiger partial charge is 0.435 e. The number of likely N-dealkylation sites (tertiary alicyclic amines) is 1. The Bertz CT molecular complexity index is 1990. The number of halogens is 4. The molecule has 51 heavy (non-hydrogen) atoms. The van der Waals surface area contributed by atoms with Crippen LogP contribution in [0.25, 0.3) is 17.1 Å². The Balaban J connectivity index is 1.12. The summed E-state index contributed by atoms with van der Waals surface area (Å²) >= 11 is 6.51. The normalized spacial score (nSPS) is 16.7. The number of nitrogens with zero attached hydrogens (tertiary/aromatic N) is 8. The fraction of sp³-hybridized carbons (Fsp3) is 0.412. The second-order valence-corrected chi connectivity index (χ2v) is 14.0. The van der Waals surface area contributed by atoms with Gasteiger partial charge < -0.3 is 29.9 Å². The van der Waals surface area contributed by atoms with Crippen LogP contribution in [0.15, 0.2) is 42.7 Å². The van der Waals surface area contributed by atoms with Crippen LogP contribution in [0.5, 0.6) is 0 Å². The number of carbonyl (C=O) groups is 3. The van der Waals surface area contributed by atoms with Crippen LogP contribution in [0, 0.1) is 12.8 Å². The van der Waals surface area contributed by atoms with E-state index in [-0.39, 0.29) is 56.9 Å². The van der Waals surface area contributed by atoms with Crippen molar-refractivity contribution in [1.82, 2.24) is 34.1 Å². The van der Waals surface area contributed by atoms with Gasteiger partial charge in [0.05, 0.1) is 66.6 Å². The van der Waals surface area contributed by atoms with E-state index in [0.29, 0.717) is 37.6 Å². The van der Waals surface area contributed by atoms with E-state index in [4.69, 9.17) is 17.3 Å². The Labute approximate surface area is 297 Å². The fourth-order valence-electron chi connectivity index (χ4n) is 6.47. The number of piperidine rings is 1. The molecule has 6 rings (SSSR count). The number of alkyl halides is 3. The minimum absolute atomic E-state index is 0.00592. The van der Waals surface area contributed by atoms with Gasteiger partial charge in [0.15, 0.2) is 17.3 Å². The average Bonchev–Trinajstić information content (AvgIpc) is 3.70. The summed E-state index contributed by atoms with van der Waals surface area (Å²) in [4.78, 5) is 51.6. The molecule has 0 spiro atoms. The number of carbonyl (C=O) groups excluding carboxylic acids is 3. The van der Waals surface area contributed by atoms with Crippen LogP contribution < -0.4 is 11.1 Å². The Morgan fingerprint density at radius 3 is 2.31 bits per heavy atom. The van der Waals surface area contributed by atoms with Gasteiger partial charge in [-0.05, 0) is 37.3 Å². The molecule has 5 heterocycles. The van der Waals surface area contributed by atoms with E-state index >= 15 is 0 Å². The lowest BCUT2D eigenvalue weighted by molar-refractivity contribution is -0.895. The lowest BCUT2D eigenvalue weighted by Gasteiger charge is -2.40. The predicted octanol–water partition coefficient (Wildman–Crippen LogP) is 4.25. The van der Waals surface area contributed by atoms with Gasteiger partial charge in [0.25, 0.3) is 11.8 Å². The van der Waals surface area contributed by atoms with Crippen molar-refractivity contribution in [1.29, 1.82) is 0 Å². The van der Waals surface area contributed by atoms with Crippen molar-refractivity contribution in [3.8, 4) is 17.1 Å². The minimum atomic E-state index is -4.82. The number of quaternary nitrogens is 1. The van der Waals surface area contributed by atoms with Crippen molar-refractivity contribution >= 4 is 40.7 Å². The number of hydrogen-bond donors (Lipinski definition) is 2. The number of amides is 3. The first-order valence-electron chi connectivity index (χ1n) is 16.5. The Hall–Kier alpha value is -4.96. The molecule has 2 aliphatic rings. The first kappa shape index (κ1) is 35.9. The van der Waals surface area contributed by atoms with Gasteiger partial charge in [-0.15, -0.1) is 0 Å². The summed E-state index contributed by atoms with van der Waals surface area (Å²) in [6, 6.07) is 7.41. The van der Waals surface area contributed by atoms with Crippen LogP contribution in [0.3, 0.4) is 0 Å². The first-order valence-corrected chi connectivity index (χ1v) is 16.8. The number of benzene rings is 1. The highest BCUT2D eigenvalue weighted by Gasteiger charge is 2.39. The highest BCUT2D eigenvalue weighted by atomic mass is 35.5. The number of pyridine rings is 1. The molecule has 0 radical (unpaired) electrons. The van der Waals surface area contributed by atoms with Gasteiger partial charge in [0.2, 0.25) is 5.91 Å². The topological polar surface area (TPSA) is 144 Å². The average molecular weight is 728 g/mol. The van der Waals surface area contributed by atoms with Crippen molar-refractivity contribution in [3.63, 3.8) is 0 Å². The summed E-state index contributed by atoms with van der Waals surface area (Å²) in [6.45, 7) is 5.19. The Kier molecular flexibility index (Phi) is 9.59. The van der Waals surface area contributed by atoms with Gasteiger partial charge in [-0.3, -0.25) is 14.4 Å². The van der Waals surface area contributed by atoms with E-state index < -0.39 is 17.8 Å². The molecule has 0 bridgehead atoms. The highest BCUT2D eigenvalue weighted by molar-refractivity contribution is 6.34. The summed E-state index contributed by atoms with van der Waals surface area (Å²) < 4.78 is 45.4. The molecular weight excluding hydrogens is 689 g/mol. The molecule has 2 aliphatic heterocycles. The fourth-order valence-corrected chi connectivity index (χ4v) is 6.73. The number of piperazine rings is 1. The number of aromatic nitrogens is 5. The molecule has 2 saturated heterocycles. The molecule has 270 valence electrons. The molecular formula is C34H39ClF3N10O3+. The second kappa shape index (κ2) is 13.6. The number of anilines is 2. The van der Waals surface area contributed by atoms with Crippen LogP contribution in [0.1, 0.15) is 45.2 Å². The standard InChI is InChI=1S/C34H38ClF3N10O3/c1-20-26(39)7-8-28(41-20)47-19-24(29(43-47)34(36,37)38)27-18-40-30(44(27)2)31(49)42-22-5-6-23(25(35)17-22)33(51)46-13-11-45(12-14-46)32(50)21-9-15-48(3,4)16-10-21/h5-8,17-19,21H,9-16,39H2,1-4H3/p+1. The third kappa shape index (κ3) is 7.42. The smallest absolute Gasteiger partial charge is 0.397 e. The number of hydrogen-bond acceptors (Lipinski definition) is 7. The molecule has 3 N–H and O–H groups in total. The number of nitrogen functional groups attached to an aromatic ring is 1. The maximum absolute atomic E-state index is 14.1. The second-order valence-electron chi connectivity index (χ2n) is 13.6. The molecule has 0 unspecified atom stereocenters. The van der Waals surface area contributed by atoms with E-state index in [0.717, 1.165) is 41.3 Å². The summed E-state index contributed by atoms with van der Waals surface area (Å²) in [5.41, 5.74) is 5.63. The molecule has 3 amide bonds. The minimum Gasteiger partial charge on any atom is -0.397 e. The Morgan fingerprint density at radius 1 is 1.02 bits per heavy atom. The number of aryl methyl sites for hydroxylation is 1. The van der Waals surface area contributed by atoms with Gasteiger partial charge in [-0.2, -0.15) is 18.3 Å². The zero-order chi connectivity index (χ0) is 36.8. The monoisotopic (exact) mass is 727 g/mol. The molecule has 2 fully saturated rings. The predicted molar refractivity (Wildman–Crippen MR) is 184 cm³/mol. The van der Waals surface area contributed by atoms with Crippen LogP contribution in [-0.2, 0) is 18.0 Å². The number of nitrogens with one attached hydrogen (secondary N) is 1. The number of nitrogens with two attached hydrogens (primary N) is 1. The van der Waals surface area contributed by atoms with Gasteiger partial charge in [0, 0.05) is 63.9 Å². The van der Waals surface area contributed by atoms with E-state index in [2.05, 4.69) is 34.5 Å². The summed E-state index contributed by atoms with van der Waals surface area (Å²) in [6.07, 6.45) is -0.770. The van der Waals surface area contributed by atoms with E-state index in [9.17, 15) is 27.6 Å². The van der Waals surface area contributed by atoms with Gasteiger partial charge in [-0.1, -0.05) is 11.6 Å². The maximum Gasteiger partial charge on any atom is 0.435 e.